The monoisotopic (exact) mass is 364 g/mol. The maximum atomic E-state index is 12.0. The van der Waals surface area contributed by atoms with Gasteiger partial charge in [-0.05, 0) is 5.53 Å². The molecule has 0 saturated carbocycles. The third kappa shape index (κ3) is 1.84. The number of azide groups is 1. The topological polar surface area (TPSA) is 222 Å². The third-order valence-corrected chi connectivity index (χ3v) is 4.29. The average molecular weight is 364 g/mol. The normalized spacial score (nSPS) is 33.7. The van der Waals surface area contributed by atoms with Crippen molar-refractivity contribution in [1.29, 1.82) is 0 Å². The van der Waals surface area contributed by atoms with Gasteiger partial charge in [-0.1, -0.05) is 5.11 Å². The standard InChI is InChI=1S/C12H12N8O6/c13-8-7-9(16-4-15-8)20(5-17-7)11(3-23)10(24,2-22)12(25,18-19-14)6(1-21)26-11/h2-6,21,24-25H,1H2,(H2,13,15,16)/t6-,10+,11-,12-/m1/s1. The number of aliphatic hydroxyl groups is 3. The number of fused-ring (bicyclic) bond motifs is 1. The van der Waals surface area contributed by atoms with Crippen LogP contribution in [0.25, 0.3) is 21.6 Å². The predicted molar refractivity (Wildman–Crippen MR) is 80.8 cm³/mol. The van der Waals surface area contributed by atoms with Gasteiger partial charge in [0, 0.05) is 4.91 Å². The molecular formula is C12H12N8O6. The van der Waals surface area contributed by atoms with Crippen LogP contribution in [0, 0.1) is 0 Å². The van der Waals surface area contributed by atoms with Crippen LogP contribution in [0.15, 0.2) is 17.8 Å². The second-order valence-electron chi connectivity index (χ2n) is 5.45. The molecule has 2 aromatic rings. The Hall–Kier alpha value is -3.16. The molecule has 3 rings (SSSR count). The lowest BCUT2D eigenvalue weighted by molar-refractivity contribution is -0.193. The van der Waals surface area contributed by atoms with Gasteiger partial charge in [0.2, 0.25) is 17.1 Å². The minimum absolute atomic E-state index is 0.00561. The van der Waals surface area contributed by atoms with Gasteiger partial charge in [-0.25, -0.2) is 15.0 Å². The summed E-state index contributed by atoms with van der Waals surface area (Å²) in [6.45, 7) is -0.995. The SMILES string of the molecule is [N-]=[N+]=N[C@@]1(O)[C@@H](CO)O[C@@](C=O)(n2cnc3c(N)ncnc32)[C@@]1(O)C=O. The first-order valence-electron chi connectivity index (χ1n) is 7.01. The van der Waals surface area contributed by atoms with Crippen molar-refractivity contribution in [3.63, 3.8) is 0 Å². The first-order chi connectivity index (χ1) is 12.3. The van der Waals surface area contributed by atoms with Crippen molar-refractivity contribution in [2.24, 2.45) is 5.11 Å². The van der Waals surface area contributed by atoms with Crippen molar-refractivity contribution in [1.82, 2.24) is 19.5 Å². The number of aldehydes is 2. The minimum Gasteiger partial charge on any atom is -0.394 e. The largest absolute Gasteiger partial charge is 0.394 e. The molecule has 0 amide bonds. The lowest BCUT2D eigenvalue weighted by atomic mass is 9.82. The third-order valence-electron chi connectivity index (χ3n) is 4.29. The number of anilines is 1. The molecule has 3 heterocycles. The molecule has 4 atom stereocenters. The van der Waals surface area contributed by atoms with Crippen molar-refractivity contribution < 1.29 is 29.6 Å². The Morgan fingerprint density at radius 2 is 2.12 bits per heavy atom. The molecular weight excluding hydrogens is 352 g/mol. The number of ether oxygens (including phenoxy) is 1. The second-order valence-corrected chi connectivity index (χ2v) is 5.45. The maximum Gasteiger partial charge on any atom is 0.244 e. The number of hydrogen-bond acceptors (Lipinski definition) is 11. The number of imidazole rings is 1. The Morgan fingerprint density at radius 3 is 2.69 bits per heavy atom. The van der Waals surface area contributed by atoms with Crippen LogP contribution in [0.5, 0.6) is 0 Å². The van der Waals surface area contributed by atoms with E-state index >= 15 is 0 Å². The van der Waals surface area contributed by atoms with Crippen LogP contribution in [0.1, 0.15) is 0 Å². The van der Waals surface area contributed by atoms with E-state index in [2.05, 4.69) is 25.0 Å². The molecule has 0 aromatic carbocycles. The van der Waals surface area contributed by atoms with Gasteiger partial charge in [-0.3, -0.25) is 14.2 Å². The Balaban J connectivity index is 2.38. The number of nitrogens with zero attached hydrogens (tertiary/aromatic N) is 7. The van der Waals surface area contributed by atoms with Crippen molar-refractivity contribution in [2.75, 3.05) is 12.3 Å². The van der Waals surface area contributed by atoms with Crippen LogP contribution in [0.3, 0.4) is 0 Å². The van der Waals surface area contributed by atoms with Crippen molar-refractivity contribution >= 4 is 29.6 Å². The van der Waals surface area contributed by atoms with E-state index in [0.717, 1.165) is 17.2 Å². The summed E-state index contributed by atoms with van der Waals surface area (Å²) in [5.41, 5.74) is 5.47. The zero-order valence-electron chi connectivity index (χ0n) is 12.9. The van der Waals surface area contributed by atoms with Crippen molar-refractivity contribution in [3.8, 4) is 0 Å². The number of carbonyl (C=O) groups excluding carboxylic acids is 2. The van der Waals surface area contributed by atoms with Crippen LogP contribution in [-0.4, -0.2) is 71.4 Å². The maximum absolute atomic E-state index is 12.0. The fraction of sp³-hybridized carbons (Fsp3) is 0.417. The second kappa shape index (κ2) is 5.69. The highest BCUT2D eigenvalue weighted by Gasteiger charge is 2.75. The van der Waals surface area contributed by atoms with Crippen LogP contribution in [-0.2, 0) is 20.1 Å². The number of carbonyl (C=O) groups is 2. The average Bonchev–Trinajstić information content (AvgIpc) is 3.15. The van der Waals surface area contributed by atoms with E-state index in [4.69, 9.17) is 16.0 Å². The summed E-state index contributed by atoms with van der Waals surface area (Å²) in [7, 11) is 0. The molecule has 5 N–H and O–H groups in total. The van der Waals surface area contributed by atoms with Gasteiger partial charge in [-0.2, -0.15) is 0 Å². The summed E-state index contributed by atoms with van der Waals surface area (Å²) in [5.74, 6) is -0.0635. The van der Waals surface area contributed by atoms with E-state index in [1.165, 1.54) is 0 Å². The fourth-order valence-electron chi connectivity index (χ4n) is 2.95. The fourth-order valence-corrected chi connectivity index (χ4v) is 2.95. The molecule has 0 aliphatic carbocycles. The molecule has 0 radical (unpaired) electrons. The van der Waals surface area contributed by atoms with Crippen LogP contribution >= 0.6 is 0 Å². The van der Waals surface area contributed by atoms with Gasteiger partial charge in [0.05, 0.1) is 6.61 Å². The molecule has 1 aliphatic rings. The number of rotatable bonds is 5. The first kappa shape index (κ1) is 17.7. The lowest BCUT2D eigenvalue weighted by Crippen LogP contribution is -2.65. The van der Waals surface area contributed by atoms with Gasteiger partial charge in [0.1, 0.15) is 24.3 Å². The van der Waals surface area contributed by atoms with Gasteiger partial charge in [0.15, 0.2) is 24.0 Å². The van der Waals surface area contributed by atoms with Gasteiger partial charge >= 0.3 is 0 Å². The van der Waals surface area contributed by atoms with E-state index in [-0.39, 0.29) is 29.6 Å². The van der Waals surface area contributed by atoms with Crippen LogP contribution in [0.4, 0.5) is 5.82 Å². The Morgan fingerprint density at radius 1 is 1.38 bits per heavy atom. The van der Waals surface area contributed by atoms with Crippen LogP contribution in [0.2, 0.25) is 0 Å². The van der Waals surface area contributed by atoms with E-state index in [1.54, 1.807) is 0 Å². The zero-order valence-corrected chi connectivity index (χ0v) is 12.9. The highest BCUT2D eigenvalue weighted by atomic mass is 16.6. The van der Waals surface area contributed by atoms with Crippen molar-refractivity contribution in [2.45, 2.75) is 23.2 Å². The summed E-state index contributed by atoms with van der Waals surface area (Å²) < 4.78 is 6.15. The van der Waals surface area contributed by atoms with Gasteiger partial charge < -0.3 is 25.8 Å². The van der Waals surface area contributed by atoms with Crippen LogP contribution < -0.4 is 5.73 Å². The number of nitrogens with two attached hydrogens (primary N) is 1. The highest BCUT2D eigenvalue weighted by Crippen LogP contribution is 2.49. The molecule has 1 fully saturated rings. The molecule has 0 spiro atoms. The van der Waals surface area contributed by atoms with E-state index in [0.29, 0.717) is 0 Å². The summed E-state index contributed by atoms with van der Waals surface area (Å²) in [6, 6.07) is 0. The molecule has 0 unspecified atom stereocenters. The molecule has 1 aliphatic heterocycles. The van der Waals surface area contributed by atoms with E-state index < -0.39 is 29.8 Å². The number of aliphatic hydroxyl groups excluding tert-OH is 1. The highest BCUT2D eigenvalue weighted by molar-refractivity contribution is 5.85. The van der Waals surface area contributed by atoms with Crippen molar-refractivity contribution in [3.05, 3.63) is 23.1 Å². The van der Waals surface area contributed by atoms with Gasteiger partial charge in [-0.15, -0.1) is 0 Å². The van der Waals surface area contributed by atoms with E-state index in [1.807, 2.05) is 0 Å². The smallest absolute Gasteiger partial charge is 0.244 e. The quantitative estimate of drug-likeness (QED) is 0.190. The summed E-state index contributed by atoms with van der Waals surface area (Å²) in [4.78, 5) is 37.6. The molecule has 14 heteroatoms. The predicted octanol–water partition coefficient (Wildman–Crippen LogP) is -2.42. The summed E-state index contributed by atoms with van der Waals surface area (Å²) in [5, 5.41) is 34.0. The van der Waals surface area contributed by atoms with Gasteiger partial charge in [0.25, 0.3) is 0 Å². The number of hydrogen-bond donors (Lipinski definition) is 4. The number of aromatic nitrogens is 4. The number of nitrogen functional groups attached to an aromatic ring is 1. The molecule has 0 bridgehead atoms. The Bertz CT molecular complexity index is 943. The Kier molecular flexibility index (Phi) is 3.86. The molecule has 14 nitrogen and oxygen atoms in total. The lowest BCUT2D eigenvalue weighted by Gasteiger charge is -2.37. The molecule has 26 heavy (non-hydrogen) atoms. The Labute approximate surface area is 143 Å². The molecule has 2 aromatic heterocycles. The minimum atomic E-state index is -3.13. The molecule has 136 valence electrons. The van der Waals surface area contributed by atoms with E-state index in [9.17, 15) is 24.9 Å². The summed E-state index contributed by atoms with van der Waals surface area (Å²) in [6.07, 6.45) is -0.0482. The zero-order chi connectivity index (χ0) is 19.2. The first-order valence-corrected chi connectivity index (χ1v) is 7.01. The summed E-state index contributed by atoms with van der Waals surface area (Å²) >= 11 is 0. The molecule has 1 saturated heterocycles.